The number of rotatable bonds is 4. The standard InChI is InChI=1S/C9H13ClN2O/c10-5-1-2-6-12-7-3-4-8(11)9(12)13/h3-4,7H,1-2,5-6,11H2. The molecule has 4 heteroatoms. The van der Waals surface area contributed by atoms with Gasteiger partial charge in [-0.2, -0.15) is 0 Å². The maximum Gasteiger partial charge on any atom is 0.273 e. The number of nitrogens with two attached hydrogens (primary N) is 1. The highest BCUT2D eigenvalue weighted by atomic mass is 35.5. The van der Waals surface area contributed by atoms with Crippen LogP contribution in [-0.4, -0.2) is 10.4 Å². The number of hydrogen-bond acceptors (Lipinski definition) is 2. The fraction of sp³-hybridized carbons (Fsp3) is 0.444. The average molecular weight is 201 g/mol. The molecular formula is C9H13ClN2O. The van der Waals surface area contributed by atoms with Gasteiger partial charge in [0.1, 0.15) is 0 Å². The monoisotopic (exact) mass is 200 g/mol. The van der Waals surface area contributed by atoms with Crippen LogP contribution in [0.3, 0.4) is 0 Å². The molecule has 0 spiro atoms. The van der Waals surface area contributed by atoms with Crippen LogP contribution in [0.25, 0.3) is 0 Å². The number of aromatic nitrogens is 1. The molecular weight excluding hydrogens is 188 g/mol. The molecule has 0 aliphatic carbocycles. The van der Waals surface area contributed by atoms with E-state index in [1.807, 2.05) is 0 Å². The Bertz CT molecular complexity index is 322. The quantitative estimate of drug-likeness (QED) is 0.591. The lowest BCUT2D eigenvalue weighted by molar-refractivity contribution is 0.616. The van der Waals surface area contributed by atoms with Crippen molar-refractivity contribution < 1.29 is 0 Å². The molecule has 1 heterocycles. The zero-order valence-electron chi connectivity index (χ0n) is 7.37. The maximum atomic E-state index is 11.4. The molecule has 0 radical (unpaired) electrons. The van der Waals surface area contributed by atoms with Crippen molar-refractivity contribution in [1.29, 1.82) is 0 Å². The molecule has 0 saturated carbocycles. The largest absolute Gasteiger partial charge is 0.394 e. The lowest BCUT2D eigenvalue weighted by Crippen LogP contribution is -2.21. The average Bonchev–Trinajstić information content (AvgIpc) is 2.13. The van der Waals surface area contributed by atoms with Crippen molar-refractivity contribution in [3.63, 3.8) is 0 Å². The summed E-state index contributed by atoms with van der Waals surface area (Å²) in [4.78, 5) is 11.4. The Hall–Kier alpha value is -0.960. The maximum absolute atomic E-state index is 11.4. The van der Waals surface area contributed by atoms with Gasteiger partial charge in [0, 0.05) is 18.6 Å². The van der Waals surface area contributed by atoms with Gasteiger partial charge in [0.2, 0.25) is 0 Å². The minimum Gasteiger partial charge on any atom is -0.394 e. The molecule has 2 N–H and O–H groups in total. The number of pyridine rings is 1. The third-order valence-corrected chi connectivity index (χ3v) is 2.10. The smallest absolute Gasteiger partial charge is 0.273 e. The number of alkyl halides is 1. The van der Waals surface area contributed by atoms with Crippen molar-refractivity contribution >= 4 is 17.3 Å². The fourth-order valence-corrected chi connectivity index (χ4v) is 1.30. The minimum atomic E-state index is -0.114. The highest BCUT2D eigenvalue weighted by molar-refractivity contribution is 6.17. The van der Waals surface area contributed by atoms with Gasteiger partial charge in [-0.1, -0.05) is 0 Å². The number of aryl methyl sites for hydroxylation is 1. The molecule has 72 valence electrons. The van der Waals surface area contributed by atoms with Gasteiger partial charge in [0.25, 0.3) is 5.56 Å². The number of unbranched alkanes of at least 4 members (excludes halogenated alkanes) is 1. The summed E-state index contributed by atoms with van der Waals surface area (Å²) in [5.74, 6) is 0.636. The summed E-state index contributed by atoms with van der Waals surface area (Å²) in [5, 5.41) is 0. The Balaban J connectivity index is 2.67. The van der Waals surface area contributed by atoms with Crippen molar-refractivity contribution in [3.8, 4) is 0 Å². The third-order valence-electron chi connectivity index (χ3n) is 1.83. The summed E-state index contributed by atoms with van der Waals surface area (Å²) in [6.45, 7) is 0.691. The summed E-state index contributed by atoms with van der Waals surface area (Å²) in [7, 11) is 0. The summed E-state index contributed by atoms with van der Waals surface area (Å²) in [6.07, 6.45) is 3.57. The molecule has 0 unspecified atom stereocenters. The molecule has 0 atom stereocenters. The van der Waals surface area contributed by atoms with Gasteiger partial charge in [-0.05, 0) is 25.0 Å². The SMILES string of the molecule is Nc1cccn(CCCCCl)c1=O. The lowest BCUT2D eigenvalue weighted by Gasteiger charge is -2.04. The van der Waals surface area contributed by atoms with Crippen LogP contribution in [0, 0.1) is 0 Å². The van der Waals surface area contributed by atoms with E-state index >= 15 is 0 Å². The molecule has 0 amide bonds. The van der Waals surface area contributed by atoms with Gasteiger partial charge in [-0.15, -0.1) is 11.6 Å². The predicted octanol–water partition coefficient (Wildman–Crippen LogP) is 1.45. The molecule has 0 aliphatic rings. The van der Waals surface area contributed by atoms with Crippen molar-refractivity contribution in [2.45, 2.75) is 19.4 Å². The topological polar surface area (TPSA) is 48.0 Å². The number of halogens is 1. The van der Waals surface area contributed by atoms with Gasteiger partial charge < -0.3 is 10.3 Å². The van der Waals surface area contributed by atoms with E-state index in [1.54, 1.807) is 22.9 Å². The van der Waals surface area contributed by atoms with Crippen LogP contribution < -0.4 is 11.3 Å². The molecule has 0 saturated heterocycles. The Labute approximate surface area is 82.1 Å². The van der Waals surface area contributed by atoms with Crippen LogP contribution >= 0.6 is 11.6 Å². The van der Waals surface area contributed by atoms with Crippen LogP contribution in [0.2, 0.25) is 0 Å². The van der Waals surface area contributed by atoms with E-state index in [0.29, 0.717) is 18.1 Å². The predicted molar refractivity (Wildman–Crippen MR) is 55.1 cm³/mol. The molecule has 0 bridgehead atoms. The van der Waals surface area contributed by atoms with Crippen molar-refractivity contribution in [1.82, 2.24) is 4.57 Å². The van der Waals surface area contributed by atoms with Crippen LogP contribution in [-0.2, 0) is 6.54 Å². The van der Waals surface area contributed by atoms with Crippen molar-refractivity contribution in [3.05, 3.63) is 28.7 Å². The summed E-state index contributed by atoms with van der Waals surface area (Å²) >= 11 is 5.53. The van der Waals surface area contributed by atoms with Gasteiger partial charge in [-0.3, -0.25) is 4.79 Å². The van der Waals surface area contributed by atoms with E-state index in [2.05, 4.69) is 0 Å². The van der Waals surface area contributed by atoms with Crippen LogP contribution in [0.5, 0.6) is 0 Å². The molecule has 1 aromatic rings. The first-order valence-corrected chi connectivity index (χ1v) is 4.80. The van der Waals surface area contributed by atoms with E-state index in [-0.39, 0.29) is 5.56 Å². The highest BCUT2D eigenvalue weighted by Crippen LogP contribution is 1.97. The molecule has 0 fully saturated rings. The first-order chi connectivity index (χ1) is 6.25. The molecule has 1 rings (SSSR count). The first-order valence-electron chi connectivity index (χ1n) is 4.26. The van der Waals surface area contributed by atoms with Gasteiger partial charge in [0.05, 0.1) is 5.69 Å². The number of anilines is 1. The minimum absolute atomic E-state index is 0.114. The van der Waals surface area contributed by atoms with Crippen molar-refractivity contribution in [2.75, 3.05) is 11.6 Å². The molecule has 13 heavy (non-hydrogen) atoms. The molecule has 0 aromatic carbocycles. The Morgan fingerprint density at radius 2 is 2.23 bits per heavy atom. The van der Waals surface area contributed by atoms with E-state index in [0.717, 1.165) is 12.8 Å². The zero-order chi connectivity index (χ0) is 9.68. The van der Waals surface area contributed by atoms with Gasteiger partial charge >= 0.3 is 0 Å². The number of nitrogens with zero attached hydrogens (tertiary/aromatic N) is 1. The lowest BCUT2D eigenvalue weighted by atomic mass is 10.3. The van der Waals surface area contributed by atoms with Crippen molar-refractivity contribution in [2.24, 2.45) is 0 Å². The molecule has 3 nitrogen and oxygen atoms in total. The first kappa shape index (κ1) is 10.1. The second-order valence-corrected chi connectivity index (χ2v) is 3.24. The van der Waals surface area contributed by atoms with E-state index in [4.69, 9.17) is 17.3 Å². The Morgan fingerprint density at radius 3 is 2.92 bits per heavy atom. The Kier molecular flexibility index (Phi) is 3.83. The summed E-state index contributed by atoms with van der Waals surface area (Å²) in [5.41, 5.74) is 5.65. The Morgan fingerprint density at radius 1 is 1.46 bits per heavy atom. The summed E-state index contributed by atoms with van der Waals surface area (Å²) in [6, 6.07) is 3.39. The number of nitrogen functional groups attached to an aromatic ring is 1. The normalized spacial score (nSPS) is 10.2. The molecule has 0 aliphatic heterocycles. The molecule has 1 aromatic heterocycles. The van der Waals surface area contributed by atoms with Gasteiger partial charge in [0.15, 0.2) is 0 Å². The number of hydrogen-bond donors (Lipinski definition) is 1. The second-order valence-electron chi connectivity index (χ2n) is 2.86. The van der Waals surface area contributed by atoms with Gasteiger partial charge in [-0.25, -0.2) is 0 Å². The van der Waals surface area contributed by atoms with Crippen LogP contribution in [0.15, 0.2) is 23.1 Å². The third kappa shape index (κ3) is 2.77. The fourth-order valence-electron chi connectivity index (χ4n) is 1.11. The summed E-state index contributed by atoms with van der Waals surface area (Å²) < 4.78 is 1.61. The van der Waals surface area contributed by atoms with E-state index in [1.165, 1.54) is 0 Å². The van der Waals surface area contributed by atoms with Crippen LogP contribution in [0.4, 0.5) is 5.69 Å². The zero-order valence-corrected chi connectivity index (χ0v) is 8.13. The van der Waals surface area contributed by atoms with Crippen LogP contribution in [0.1, 0.15) is 12.8 Å². The van der Waals surface area contributed by atoms with E-state index < -0.39 is 0 Å². The van der Waals surface area contributed by atoms with E-state index in [9.17, 15) is 4.79 Å². The highest BCUT2D eigenvalue weighted by Gasteiger charge is 1.97. The second kappa shape index (κ2) is 4.92.